The second kappa shape index (κ2) is 16.1. The molecule has 2 aromatic carbocycles. The van der Waals surface area contributed by atoms with Crippen LogP contribution in [0.1, 0.15) is 77.3 Å². The first-order valence-electron chi connectivity index (χ1n) is 15.6. The van der Waals surface area contributed by atoms with Crippen molar-refractivity contribution in [3.05, 3.63) is 47.5 Å². The van der Waals surface area contributed by atoms with Crippen molar-refractivity contribution >= 4 is 33.5 Å². The smallest absolute Gasteiger partial charge is 0.249 e. The zero-order valence-electron chi connectivity index (χ0n) is 27.6. The Kier molecular flexibility index (Phi) is 12.8. The minimum Gasteiger partial charge on any atom is -0.493 e. The summed E-state index contributed by atoms with van der Waals surface area (Å²) in [6.07, 6.45) is 5.78. The molecule has 45 heavy (non-hydrogen) atoms. The summed E-state index contributed by atoms with van der Waals surface area (Å²) in [6, 6.07) is 8.56. The molecule has 0 radical (unpaired) electrons. The topological polar surface area (TPSA) is 152 Å². The van der Waals surface area contributed by atoms with Crippen molar-refractivity contribution in [3.8, 4) is 11.5 Å². The average Bonchev–Trinajstić information content (AvgIpc) is 2.97. The molecule has 1 saturated carbocycles. The van der Waals surface area contributed by atoms with Gasteiger partial charge in [-0.1, -0.05) is 44.2 Å². The van der Waals surface area contributed by atoms with Gasteiger partial charge in [-0.2, -0.15) is 4.31 Å². The van der Waals surface area contributed by atoms with Crippen LogP contribution in [0.5, 0.6) is 11.5 Å². The van der Waals surface area contributed by atoms with Crippen molar-refractivity contribution in [1.29, 1.82) is 0 Å². The van der Waals surface area contributed by atoms with Crippen molar-refractivity contribution < 1.29 is 27.5 Å². The van der Waals surface area contributed by atoms with E-state index >= 15 is 0 Å². The highest BCUT2D eigenvalue weighted by atomic mass is 32.2. The van der Waals surface area contributed by atoms with E-state index in [-0.39, 0.29) is 35.3 Å². The fraction of sp³-hybridized carbons (Fsp3) is 0.545. The Balaban J connectivity index is 1.83. The molecule has 248 valence electrons. The lowest BCUT2D eigenvalue weighted by Crippen LogP contribution is -2.42. The molecule has 0 aliphatic heterocycles. The summed E-state index contributed by atoms with van der Waals surface area (Å²) >= 11 is 0. The highest BCUT2D eigenvalue weighted by Crippen LogP contribution is 2.30. The maximum absolute atomic E-state index is 13.7. The lowest BCUT2D eigenvalue weighted by Gasteiger charge is -2.30. The van der Waals surface area contributed by atoms with Gasteiger partial charge in [0, 0.05) is 17.8 Å². The second-order valence-electron chi connectivity index (χ2n) is 12.2. The highest BCUT2D eigenvalue weighted by molar-refractivity contribution is 7.89. The number of nitrogens with one attached hydrogen (secondary N) is 2. The van der Waals surface area contributed by atoms with Gasteiger partial charge in [0.15, 0.2) is 17.5 Å². The molecule has 0 saturated heterocycles. The van der Waals surface area contributed by atoms with Gasteiger partial charge in [0.2, 0.25) is 21.8 Å². The van der Waals surface area contributed by atoms with E-state index in [1.807, 2.05) is 27.7 Å². The van der Waals surface area contributed by atoms with E-state index in [9.17, 15) is 18.0 Å². The number of anilines is 1. The van der Waals surface area contributed by atoms with Gasteiger partial charge in [0.05, 0.1) is 25.5 Å². The molecule has 11 nitrogen and oxygen atoms in total. The Bertz CT molecular complexity index is 1460. The molecule has 0 unspecified atom stereocenters. The Morgan fingerprint density at radius 2 is 1.62 bits per heavy atom. The van der Waals surface area contributed by atoms with Gasteiger partial charge in [-0.25, -0.2) is 13.4 Å². The fourth-order valence-corrected chi connectivity index (χ4v) is 7.77. The largest absolute Gasteiger partial charge is 0.493 e. The zero-order chi connectivity index (χ0) is 33.3. The predicted molar refractivity (Wildman–Crippen MR) is 177 cm³/mol. The summed E-state index contributed by atoms with van der Waals surface area (Å²) in [5.41, 5.74) is 7.96. The SMILES string of the molecule is COc1ccc(CC(=O)NC(N)=N[C@H](CC2CCCCC2)C(=O)Nc2cc(S(=O)(=O)N(C(C)C)C(C)C)ccc2C)cc1OC. The monoisotopic (exact) mass is 643 g/mol. The number of benzene rings is 2. The number of carbonyl (C=O) groups excluding carboxylic acids is 2. The van der Waals surface area contributed by atoms with Crippen LogP contribution in [-0.2, 0) is 26.0 Å². The lowest BCUT2D eigenvalue weighted by atomic mass is 9.84. The van der Waals surface area contributed by atoms with Crippen molar-refractivity contribution in [2.75, 3.05) is 19.5 Å². The first-order valence-corrected chi connectivity index (χ1v) is 17.0. The van der Waals surface area contributed by atoms with Crippen molar-refractivity contribution in [2.24, 2.45) is 16.6 Å². The van der Waals surface area contributed by atoms with Crippen LogP contribution in [0.15, 0.2) is 46.3 Å². The Morgan fingerprint density at radius 1 is 0.978 bits per heavy atom. The van der Waals surface area contributed by atoms with Gasteiger partial charge < -0.3 is 20.5 Å². The molecular weight excluding hydrogens is 594 g/mol. The summed E-state index contributed by atoms with van der Waals surface area (Å²) < 4.78 is 39.1. The third kappa shape index (κ3) is 9.67. The van der Waals surface area contributed by atoms with Crippen LogP contribution in [0.2, 0.25) is 0 Å². The lowest BCUT2D eigenvalue weighted by molar-refractivity contribution is -0.119. The summed E-state index contributed by atoms with van der Waals surface area (Å²) in [7, 11) is -0.756. The standard InChI is InChI=1S/C33H49N5O6S/c1-21(2)38(22(3)4)45(41,42)26-15-13-23(5)27(20-26)35-32(40)28(17-24-11-9-8-10-12-24)36-33(34)37-31(39)19-25-14-16-29(43-6)30(18-25)44-7/h13-16,18,20-22,24,28H,8-12,17,19H2,1-7H3,(H,35,40)(H3,34,36,37,39)/t28-/m1/s1. The Hall–Kier alpha value is -3.64. The molecule has 0 bridgehead atoms. The van der Waals surface area contributed by atoms with Crippen LogP contribution in [-0.4, -0.2) is 62.8 Å². The van der Waals surface area contributed by atoms with Crippen LogP contribution >= 0.6 is 0 Å². The number of ether oxygens (including phenoxy) is 2. The van der Waals surface area contributed by atoms with Gasteiger partial charge in [-0.3, -0.25) is 14.9 Å². The maximum Gasteiger partial charge on any atom is 0.249 e. The number of rotatable bonds is 13. The molecule has 1 atom stereocenters. The predicted octanol–water partition coefficient (Wildman–Crippen LogP) is 4.77. The van der Waals surface area contributed by atoms with E-state index < -0.39 is 27.9 Å². The van der Waals surface area contributed by atoms with Gasteiger partial charge in [-0.05, 0) is 82.3 Å². The molecule has 1 aliphatic carbocycles. The molecule has 2 aromatic rings. The van der Waals surface area contributed by atoms with Crippen LogP contribution < -0.4 is 25.8 Å². The van der Waals surface area contributed by atoms with Crippen LogP contribution in [0, 0.1) is 12.8 Å². The van der Waals surface area contributed by atoms with Crippen molar-refractivity contribution in [1.82, 2.24) is 9.62 Å². The quantitative estimate of drug-likeness (QED) is 0.210. The summed E-state index contributed by atoms with van der Waals surface area (Å²) in [4.78, 5) is 31.1. The minimum absolute atomic E-state index is 0.0142. The third-order valence-electron chi connectivity index (χ3n) is 8.02. The summed E-state index contributed by atoms with van der Waals surface area (Å²) in [6.45, 7) is 9.13. The van der Waals surface area contributed by atoms with Crippen LogP contribution in [0.4, 0.5) is 5.69 Å². The molecule has 0 spiro atoms. The number of aryl methyl sites for hydroxylation is 1. The normalized spacial score (nSPS) is 15.3. The maximum atomic E-state index is 13.7. The Morgan fingerprint density at radius 3 is 2.22 bits per heavy atom. The van der Waals surface area contributed by atoms with Gasteiger partial charge >= 0.3 is 0 Å². The first-order chi connectivity index (χ1) is 21.3. The number of guanidine groups is 1. The van der Waals surface area contributed by atoms with Crippen LogP contribution in [0.3, 0.4) is 0 Å². The summed E-state index contributed by atoms with van der Waals surface area (Å²) in [5.74, 6) is 0.367. The molecule has 1 aliphatic rings. The second-order valence-corrected chi connectivity index (χ2v) is 14.0. The van der Waals surface area contributed by atoms with E-state index in [2.05, 4.69) is 15.6 Å². The highest BCUT2D eigenvalue weighted by Gasteiger charge is 2.31. The molecule has 2 amide bonds. The van der Waals surface area contributed by atoms with E-state index in [4.69, 9.17) is 15.2 Å². The van der Waals surface area contributed by atoms with E-state index in [0.29, 0.717) is 34.7 Å². The number of nitrogens with two attached hydrogens (primary N) is 1. The van der Waals surface area contributed by atoms with Crippen molar-refractivity contribution in [3.63, 3.8) is 0 Å². The number of hydrogen-bond acceptors (Lipinski definition) is 7. The fourth-order valence-electron chi connectivity index (χ4n) is 5.91. The van der Waals surface area contributed by atoms with E-state index in [1.165, 1.54) is 24.6 Å². The van der Waals surface area contributed by atoms with Crippen LogP contribution in [0.25, 0.3) is 0 Å². The molecule has 0 heterocycles. The summed E-state index contributed by atoms with van der Waals surface area (Å²) in [5, 5.41) is 5.52. The number of sulfonamides is 1. The average molecular weight is 644 g/mol. The number of nitrogens with zero attached hydrogens (tertiary/aromatic N) is 2. The number of amides is 2. The number of hydrogen-bond donors (Lipinski definition) is 3. The zero-order valence-corrected chi connectivity index (χ0v) is 28.4. The first kappa shape index (κ1) is 35.8. The van der Waals surface area contributed by atoms with Gasteiger partial charge in [0.25, 0.3) is 0 Å². The van der Waals surface area contributed by atoms with Gasteiger partial charge in [-0.15, -0.1) is 0 Å². The van der Waals surface area contributed by atoms with E-state index in [0.717, 1.165) is 32.1 Å². The molecule has 4 N–H and O–H groups in total. The molecule has 12 heteroatoms. The van der Waals surface area contributed by atoms with E-state index in [1.54, 1.807) is 37.3 Å². The number of carbonyl (C=O) groups is 2. The van der Waals surface area contributed by atoms with Crippen molar-refractivity contribution in [2.45, 2.75) is 103 Å². The molecule has 0 aromatic heterocycles. The Labute approximate surface area is 268 Å². The van der Waals surface area contributed by atoms with Gasteiger partial charge in [0.1, 0.15) is 6.04 Å². The third-order valence-corrected chi connectivity index (χ3v) is 10.3. The molecule has 3 rings (SSSR count). The molecule has 1 fully saturated rings. The number of aliphatic imine (C=N–C) groups is 1. The minimum atomic E-state index is -3.81. The molecular formula is C33H49N5O6S. The number of methoxy groups -OCH3 is 2.